The van der Waals surface area contributed by atoms with E-state index in [-0.39, 0.29) is 11.2 Å². The normalized spacial score (nSPS) is 12.8. The van der Waals surface area contributed by atoms with Gasteiger partial charge in [0.25, 0.3) is 0 Å². The van der Waals surface area contributed by atoms with Crippen LogP contribution in [0.4, 0.5) is 0 Å². The first-order valence-electron chi connectivity index (χ1n) is 3.80. The molecule has 0 aromatic heterocycles. The van der Waals surface area contributed by atoms with Crippen LogP contribution in [0.3, 0.4) is 0 Å². The van der Waals surface area contributed by atoms with Crippen molar-refractivity contribution >= 4 is 24.0 Å². The van der Waals surface area contributed by atoms with Crippen LogP contribution in [0, 0.1) is 0 Å². The zero-order valence-corrected chi connectivity index (χ0v) is 8.62. The summed E-state index contributed by atoms with van der Waals surface area (Å²) in [4.78, 5) is 12.7. The Morgan fingerprint density at radius 2 is 2.46 bits per heavy atom. The molecular formula is C8H14N2O2S. The highest BCUT2D eigenvalue weighted by Crippen LogP contribution is 2.11. The molecular weight excluding hydrogens is 188 g/mol. The fraction of sp³-hybridized carbons (Fsp3) is 0.500. The maximum absolute atomic E-state index is 11.4. The van der Waals surface area contributed by atoms with Crippen molar-refractivity contribution in [3.63, 3.8) is 0 Å². The maximum Gasteiger partial charge on any atom is 0.240 e. The number of oxime groups is 1. The molecule has 0 bridgehead atoms. The van der Waals surface area contributed by atoms with E-state index in [4.69, 9.17) is 5.21 Å². The minimum atomic E-state index is -0.152. The summed E-state index contributed by atoms with van der Waals surface area (Å²) in [6.07, 6.45) is 2.82. The van der Waals surface area contributed by atoms with Gasteiger partial charge in [0.2, 0.25) is 5.91 Å². The first-order chi connectivity index (χ1) is 6.13. The average molecular weight is 202 g/mol. The predicted octanol–water partition coefficient (Wildman–Crippen LogP) is 1.17. The summed E-state index contributed by atoms with van der Waals surface area (Å²) in [5.41, 5.74) is 0. The Hall–Kier alpha value is -0.970. The number of thioether (sulfide) groups is 1. The van der Waals surface area contributed by atoms with E-state index in [1.54, 1.807) is 20.0 Å². The summed E-state index contributed by atoms with van der Waals surface area (Å²) in [7, 11) is 1.55. The third-order valence-corrected chi connectivity index (χ3v) is 2.51. The Labute approximate surface area is 82.3 Å². The van der Waals surface area contributed by atoms with Crippen LogP contribution < -0.4 is 0 Å². The van der Waals surface area contributed by atoms with Crippen LogP contribution in [-0.4, -0.2) is 40.4 Å². The Morgan fingerprint density at radius 1 is 1.85 bits per heavy atom. The van der Waals surface area contributed by atoms with Crippen molar-refractivity contribution in [3.8, 4) is 0 Å². The fourth-order valence-corrected chi connectivity index (χ4v) is 1.44. The lowest BCUT2D eigenvalue weighted by Gasteiger charge is -2.15. The molecule has 13 heavy (non-hydrogen) atoms. The number of amides is 1. The smallest absolute Gasteiger partial charge is 0.240 e. The van der Waals surface area contributed by atoms with E-state index in [0.29, 0.717) is 0 Å². The Balaban J connectivity index is 4.00. The molecule has 0 heterocycles. The number of nitrogens with zero attached hydrogens (tertiary/aromatic N) is 2. The molecule has 5 heteroatoms. The van der Waals surface area contributed by atoms with Crippen LogP contribution in [0.5, 0.6) is 0 Å². The molecule has 0 aromatic rings. The molecule has 0 aliphatic carbocycles. The lowest BCUT2D eigenvalue weighted by Crippen LogP contribution is -2.32. The molecule has 1 amide bonds. The van der Waals surface area contributed by atoms with E-state index in [1.165, 1.54) is 16.7 Å². The number of rotatable bonds is 5. The first-order valence-corrected chi connectivity index (χ1v) is 4.85. The minimum absolute atomic E-state index is 0.0929. The molecule has 74 valence electrons. The summed E-state index contributed by atoms with van der Waals surface area (Å²) < 4.78 is 0. The number of hydrogen-bond donors (Lipinski definition) is 1. The second-order valence-corrected chi connectivity index (χ2v) is 3.82. The summed E-state index contributed by atoms with van der Waals surface area (Å²) >= 11 is 1.49. The van der Waals surface area contributed by atoms with Crippen LogP contribution in [0.15, 0.2) is 17.8 Å². The molecule has 0 aliphatic heterocycles. The highest BCUT2D eigenvalue weighted by molar-refractivity contribution is 8.00. The van der Waals surface area contributed by atoms with Gasteiger partial charge in [-0.3, -0.25) is 4.79 Å². The molecule has 4 nitrogen and oxygen atoms in total. The Morgan fingerprint density at radius 3 is 2.92 bits per heavy atom. The van der Waals surface area contributed by atoms with E-state index in [9.17, 15) is 4.79 Å². The quantitative estimate of drug-likeness (QED) is 0.239. The molecule has 0 rings (SSSR count). The average Bonchev–Trinajstić information content (AvgIpc) is 2.13. The van der Waals surface area contributed by atoms with Gasteiger partial charge in [-0.2, -0.15) is 0 Å². The third-order valence-electron chi connectivity index (χ3n) is 1.38. The van der Waals surface area contributed by atoms with Crippen LogP contribution in [0.2, 0.25) is 0 Å². The van der Waals surface area contributed by atoms with Crippen molar-refractivity contribution in [2.45, 2.75) is 12.2 Å². The van der Waals surface area contributed by atoms with Crippen molar-refractivity contribution in [2.75, 3.05) is 12.8 Å². The molecule has 0 aromatic carbocycles. The van der Waals surface area contributed by atoms with E-state index in [1.807, 2.05) is 0 Å². The van der Waals surface area contributed by atoms with Gasteiger partial charge in [0.1, 0.15) is 6.34 Å². The monoisotopic (exact) mass is 202 g/mol. The fourth-order valence-electron chi connectivity index (χ4n) is 0.705. The van der Waals surface area contributed by atoms with Crippen LogP contribution in [-0.2, 0) is 4.79 Å². The van der Waals surface area contributed by atoms with Gasteiger partial charge in [-0.1, -0.05) is 11.2 Å². The predicted molar refractivity (Wildman–Crippen MR) is 55.2 cm³/mol. The van der Waals surface area contributed by atoms with Crippen molar-refractivity contribution in [2.24, 2.45) is 5.16 Å². The zero-order valence-electron chi connectivity index (χ0n) is 7.80. The molecule has 0 fully saturated rings. The van der Waals surface area contributed by atoms with Gasteiger partial charge in [0, 0.05) is 12.8 Å². The van der Waals surface area contributed by atoms with Gasteiger partial charge >= 0.3 is 0 Å². The van der Waals surface area contributed by atoms with Crippen molar-refractivity contribution in [3.05, 3.63) is 12.7 Å². The highest BCUT2D eigenvalue weighted by Gasteiger charge is 2.15. The highest BCUT2D eigenvalue weighted by atomic mass is 32.2. The number of hydrogen-bond acceptors (Lipinski definition) is 4. The largest absolute Gasteiger partial charge is 0.410 e. The van der Waals surface area contributed by atoms with Gasteiger partial charge in [0.05, 0.1) is 5.25 Å². The SMILES string of the molecule is C=CCSC(C)C(=O)N(C)C=NO. The van der Waals surface area contributed by atoms with E-state index >= 15 is 0 Å². The van der Waals surface area contributed by atoms with Crippen molar-refractivity contribution < 1.29 is 10.0 Å². The molecule has 1 unspecified atom stereocenters. The number of carbonyl (C=O) groups excluding carboxylic acids is 1. The summed E-state index contributed by atoms with van der Waals surface area (Å²) in [5, 5.41) is 10.8. The minimum Gasteiger partial charge on any atom is -0.410 e. The third kappa shape index (κ3) is 4.57. The molecule has 0 aliphatic rings. The van der Waals surface area contributed by atoms with Crippen molar-refractivity contribution in [1.29, 1.82) is 0 Å². The summed E-state index contributed by atoms with van der Waals surface area (Å²) in [6.45, 7) is 5.36. The lowest BCUT2D eigenvalue weighted by atomic mass is 10.4. The van der Waals surface area contributed by atoms with Gasteiger partial charge in [-0.25, -0.2) is 0 Å². The molecule has 1 atom stereocenters. The number of carbonyl (C=O) groups is 1. The summed E-state index contributed by atoms with van der Waals surface area (Å²) in [6, 6.07) is 0. The second-order valence-electron chi connectivity index (χ2n) is 2.44. The Kier molecular flexibility index (Phi) is 6.05. The molecule has 0 saturated heterocycles. The summed E-state index contributed by atoms with van der Waals surface area (Å²) in [5.74, 6) is 0.640. The van der Waals surface area contributed by atoms with Crippen LogP contribution in [0.25, 0.3) is 0 Å². The van der Waals surface area contributed by atoms with Gasteiger partial charge in [-0.15, -0.1) is 18.3 Å². The molecule has 0 spiro atoms. The second kappa shape index (κ2) is 6.54. The maximum atomic E-state index is 11.4. The zero-order chi connectivity index (χ0) is 10.3. The van der Waals surface area contributed by atoms with Crippen LogP contribution in [0.1, 0.15) is 6.92 Å². The first kappa shape index (κ1) is 12.0. The molecule has 0 saturated carbocycles. The van der Waals surface area contributed by atoms with Crippen LogP contribution >= 0.6 is 11.8 Å². The van der Waals surface area contributed by atoms with Gasteiger partial charge < -0.3 is 10.1 Å². The molecule has 0 radical (unpaired) electrons. The lowest BCUT2D eigenvalue weighted by molar-refractivity contribution is -0.125. The molecule has 1 N–H and O–H groups in total. The Bertz CT molecular complexity index is 206. The van der Waals surface area contributed by atoms with E-state index in [2.05, 4.69) is 11.7 Å². The van der Waals surface area contributed by atoms with Gasteiger partial charge in [0.15, 0.2) is 0 Å². The van der Waals surface area contributed by atoms with Gasteiger partial charge in [-0.05, 0) is 6.92 Å². The standard InChI is InChI=1S/C8H14N2O2S/c1-4-5-13-7(2)8(11)10(3)6-9-12/h4,6-7,12H,1,5H2,2-3H3. The van der Waals surface area contributed by atoms with E-state index in [0.717, 1.165) is 12.1 Å². The topological polar surface area (TPSA) is 52.9 Å². The van der Waals surface area contributed by atoms with Crippen molar-refractivity contribution in [1.82, 2.24) is 4.90 Å². The van der Waals surface area contributed by atoms with E-state index < -0.39 is 0 Å².